The summed E-state index contributed by atoms with van der Waals surface area (Å²) in [5.41, 5.74) is 6.80. The molecule has 5 heteroatoms. The number of carbonyl (C=O) groups is 1. The van der Waals surface area contributed by atoms with Crippen LogP contribution in [0.5, 0.6) is 0 Å². The molecule has 2 heterocycles. The lowest BCUT2D eigenvalue weighted by Crippen LogP contribution is -2.42. The van der Waals surface area contributed by atoms with Gasteiger partial charge in [0.05, 0.1) is 12.1 Å². The summed E-state index contributed by atoms with van der Waals surface area (Å²) < 4.78 is 2.14. The van der Waals surface area contributed by atoms with E-state index in [-0.39, 0.29) is 11.5 Å². The fraction of sp³-hybridized carbons (Fsp3) is 0.304. The Balaban J connectivity index is 1.71. The first-order valence-electron chi connectivity index (χ1n) is 9.60. The van der Waals surface area contributed by atoms with Gasteiger partial charge >= 0.3 is 6.03 Å². The predicted molar refractivity (Wildman–Crippen MR) is 113 cm³/mol. The molecule has 1 aromatic heterocycles. The monoisotopic (exact) mass is 375 g/mol. The molecular weight excluding hydrogens is 350 g/mol. The van der Waals surface area contributed by atoms with Gasteiger partial charge in [-0.15, -0.1) is 0 Å². The molecule has 0 saturated carbocycles. The maximum absolute atomic E-state index is 13.2. The SMILES string of the molecule is Cc1cc(C)c2c(c1)c(=O)c1c(n2C)CCN(C(=O)Nc2ccccc2C)C1. The van der Waals surface area contributed by atoms with Crippen LogP contribution in [0.4, 0.5) is 10.5 Å². The first kappa shape index (κ1) is 18.3. The van der Waals surface area contributed by atoms with Gasteiger partial charge in [0.25, 0.3) is 0 Å². The molecule has 5 nitrogen and oxygen atoms in total. The molecule has 0 unspecified atom stereocenters. The zero-order valence-corrected chi connectivity index (χ0v) is 16.8. The van der Waals surface area contributed by atoms with Crippen molar-refractivity contribution in [2.24, 2.45) is 7.05 Å². The van der Waals surface area contributed by atoms with E-state index in [4.69, 9.17) is 0 Å². The van der Waals surface area contributed by atoms with Gasteiger partial charge in [0.2, 0.25) is 0 Å². The average molecular weight is 375 g/mol. The molecule has 1 aliphatic rings. The van der Waals surface area contributed by atoms with E-state index in [1.165, 1.54) is 0 Å². The lowest BCUT2D eigenvalue weighted by molar-refractivity contribution is 0.205. The predicted octanol–water partition coefficient (Wildman–Crippen LogP) is 4.05. The quantitative estimate of drug-likeness (QED) is 0.697. The Morgan fingerprint density at radius 2 is 1.82 bits per heavy atom. The van der Waals surface area contributed by atoms with Crippen molar-refractivity contribution in [1.29, 1.82) is 0 Å². The number of benzene rings is 2. The second kappa shape index (κ2) is 6.82. The van der Waals surface area contributed by atoms with E-state index in [2.05, 4.69) is 16.0 Å². The molecule has 0 aliphatic carbocycles. The lowest BCUT2D eigenvalue weighted by Gasteiger charge is -2.31. The van der Waals surface area contributed by atoms with Crippen LogP contribution in [0.15, 0.2) is 41.2 Å². The molecule has 1 aliphatic heterocycles. The number of para-hydroxylation sites is 1. The molecule has 0 spiro atoms. The third kappa shape index (κ3) is 2.97. The van der Waals surface area contributed by atoms with Gasteiger partial charge in [0, 0.05) is 42.3 Å². The van der Waals surface area contributed by atoms with Gasteiger partial charge in [-0.3, -0.25) is 4.79 Å². The van der Waals surface area contributed by atoms with Crippen LogP contribution < -0.4 is 10.7 Å². The summed E-state index contributed by atoms with van der Waals surface area (Å²) >= 11 is 0. The molecule has 0 saturated heterocycles. The highest BCUT2D eigenvalue weighted by atomic mass is 16.2. The van der Waals surface area contributed by atoms with Crippen molar-refractivity contribution in [2.75, 3.05) is 11.9 Å². The van der Waals surface area contributed by atoms with E-state index in [0.717, 1.165) is 44.5 Å². The number of pyridine rings is 1. The Morgan fingerprint density at radius 3 is 2.57 bits per heavy atom. The molecule has 28 heavy (non-hydrogen) atoms. The Kier molecular flexibility index (Phi) is 4.46. The first-order chi connectivity index (χ1) is 13.4. The molecule has 4 rings (SSSR count). The van der Waals surface area contributed by atoms with E-state index in [9.17, 15) is 9.59 Å². The third-order valence-corrected chi connectivity index (χ3v) is 5.69. The van der Waals surface area contributed by atoms with Crippen LogP contribution in [0, 0.1) is 20.8 Å². The number of hydrogen-bond acceptors (Lipinski definition) is 2. The fourth-order valence-electron chi connectivity index (χ4n) is 4.28. The largest absolute Gasteiger partial charge is 0.347 e. The number of amides is 2. The van der Waals surface area contributed by atoms with Crippen LogP contribution in [0.25, 0.3) is 10.9 Å². The second-order valence-corrected chi connectivity index (χ2v) is 7.71. The standard InChI is InChI=1S/C23H25N3O2/c1-14-11-16(3)21-17(12-14)22(27)18-13-26(10-9-20(18)25(21)4)23(28)24-19-8-6-5-7-15(19)2/h5-8,11-12H,9-10,13H2,1-4H3,(H,24,28). The van der Waals surface area contributed by atoms with E-state index in [1.807, 2.05) is 58.2 Å². The Hall–Kier alpha value is -3.08. The summed E-state index contributed by atoms with van der Waals surface area (Å²) in [5.74, 6) is 0. The minimum Gasteiger partial charge on any atom is -0.347 e. The summed E-state index contributed by atoms with van der Waals surface area (Å²) in [7, 11) is 2.02. The van der Waals surface area contributed by atoms with Crippen LogP contribution in [-0.2, 0) is 20.0 Å². The van der Waals surface area contributed by atoms with E-state index >= 15 is 0 Å². The molecule has 144 valence electrons. The average Bonchev–Trinajstić information content (AvgIpc) is 2.67. The van der Waals surface area contributed by atoms with Crippen LogP contribution >= 0.6 is 0 Å². The Bertz CT molecular complexity index is 1160. The highest BCUT2D eigenvalue weighted by Gasteiger charge is 2.26. The van der Waals surface area contributed by atoms with Gasteiger partial charge in [-0.2, -0.15) is 0 Å². The smallest absolute Gasteiger partial charge is 0.322 e. The topological polar surface area (TPSA) is 54.3 Å². The van der Waals surface area contributed by atoms with Crippen LogP contribution in [-0.4, -0.2) is 22.0 Å². The Labute approximate surface area is 164 Å². The van der Waals surface area contributed by atoms with Crippen molar-refractivity contribution in [2.45, 2.75) is 33.7 Å². The van der Waals surface area contributed by atoms with Gasteiger partial charge in [-0.1, -0.05) is 24.3 Å². The normalized spacial score (nSPS) is 13.5. The molecule has 1 N–H and O–H groups in total. The van der Waals surface area contributed by atoms with Crippen molar-refractivity contribution >= 4 is 22.6 Å². The second-order valence-electron chi connectivity index (χ2n) is 7.71. The van der Waals surface area contributed by atoms with Crippen LogP contribution in [0.2, 0.25) is 0 Å². The van der Waals surface area contributed by atoms with E-state index in [1.54, 1.807) is 4.90 Å². The number of aryl methyl sites for hydroxylation is 4. The zero-order valence-electron chi connectivity index (χ0n) is 16.8. The number of nitrogens with one attached hydrogen (secondary N) is 1. The highest BCUT2D eigenvalue weighted by molar-refractivity contribution is 5.90. The van der Waals surface area contributed by atoms with Crippen molar-refractivity contribution in [3.63, 3.8) is 0 Å². The zero-order chi connectivity index (χ0) is 20.0. The summed E-state index contributed by atoms with van der Waals surface area (Å²) in [6, 6.07) is 11.6. The first-order valence-corrected chi connectivity index (χ1v) is 9.60. The molecule has 2 aromatic carbocycles. The summed E-state index contributed by atoms with van der Waals surface area (Å²) in [6.07, 6.45) is 0.672. The van der Waals surface area contributed by atoms with E-state index in [0.29, 0.717) is 19.5 Å². The molecular formula is C23H25N3O2. The molecule has 3 aromatic rings. The highest BCUT2D eigenvalue weighted by Crippen LogP contribution is 2.25. The number of aromatic nitrogens is 1. The number of nitrogens with zero attached hydrogens (tertiary/aromatic N) is 2. The maximum atomic E-state index is 13.2. The summed E-state index contributed by atoms with van der Waals surface area (Å²) in [4.78, 5) is 27.8. The van der Waals surface area contributed by atoms with Gasteiger partial charge in [0.1, 0.15) is 0 Å². The van der Waals surface area contributed by atoms with Crippen LogP contribution in [0.3, 0.4) is 0 Å². The number of hydrogen-bond donors (Lipinski definition) is 1. The van der Waals surface area contributed by atoms with Crippen LogP contribution in [0.1, 0.15) is 27.9 Å². The van der Waals surface area contributed by atoms with Crippen molar-refractivity contribution in [3.8, 4) is 0 Å². The van der Waals surface area contributed by atoms with Gasteiger partial charge in [-0.05, 0) is 49.6 Å². The molecule has 0 bridgehead atoms. The summed E-state index contributed by atoms with van der Waals surface area (Å²) in [6.45, 7) is 6.95. The maximum Gasteiger partial charge on any atom is 0.322 e. The number of rotatable bonds is 1. The summed E-state index contributed by atoms with van der Waals surface area (Å²) in [5, 5.41) is 3.71. The number of urea groups is 1. The minimum atomic E-state index is -0.164. The molecule has 2 amide bonds. The molecule has 0 fully saturated rings. The Morgan fingerprint density at radius 1 is 1.07 bits per heavy atom. The lowest BCUT2D eigenvalue weighted by atomic mass is 9.98. The van der Waals surface area contributed by atoms with Crippen molar-refractivity contribution in [1.82, 2.24) is 9.47 Å². The minimum absolute atomic E-state index is 0.0447. The number of anilines is 1. The molecule has 0 atom stereocenters. The molecule has 0 radical (unpaired) electrons. The van der Waals surface area contributed by atoms with Gasteiger partial charge < -0.3 is 14.8 Å². The number of fused-ring (bicyclic) bond motifs is 2. The number of carbonyl (C=O) groups excluding carboxylic acids is 1. The third-order valence-electron chi connectivity index (χ3n) is 5.69. The van der Waals surface area contributed by atoms with Gasteiger partial charge in [0.15, 0.2) is 5.43 Å². The fourth-order valence-corrected chi connectivity index (χ4v) is 4.28. The van der Waals surface area contributed by atoms with E-state index < -0.39 is 0 Å². The van der Waals surface area contributed by atoms with Gasteiger partial charge in [-0.25, -0.2) is 4.79 Å². The van der Waals surface area contributed by atoms with Crippen molar-refractivity contribution < 1.29 is 4.79 Å². The van der Waals surface area contributed by atoms with Crippen molar-refractivity contribution in [3.05, 3.63) is 74.6 Å².